The normalized spacial score (nSPS) is 12.7. The maximum atomic E-state index is 15.0. The Morgan fingerprint density at radius 1 is 1.19 bits per heavy atom. The Morgan fingerprint density at radius 3 is 2.78 bits per heavy atom. The monoisotopic (exact) mass is 402 g/mol. The first-order chi connectivity index (χ1) is 13.1. The quantitative estimate of drug-likeness (QED) is 0.451. The van der Waals surface area contributed by atoms with Gasteiger partial charge in [0.2, 0.25) is 5.16 Å². The van der Waals surface area contributed by atoms with E-state index in [0.29, 0.717) is 16.7 Å². The van der Waals surface area contributed by atoms with E-state index < -0.39 is 11.6 Å². The minimum atomic E-state index is -0.752. The summed E-state index contributed by atoms with van der Waals surface area (Å²) in [5.74, 6) is -0.686. The Bertz CT molecular complexity index is 1120. The molecule has 134 valence electrons. The summed E-state index contributed by atoms with van der Waals surface area (Å²) >= 11 is 6.96. The Hall–Kier alpha value is -2.89. The minimum Gasteiger partial charge on any atom is -0.451 e. The molecule has 0 atom stereocenters. The molecule has 5 nitrogen and oxygen atoms in total. The standard InChI is InChI=1S/C18H9ClF2N4OS/c19-12-4-2-1-3-10(12)15-13(20)6-5-11(16(15)21)17-14(26-17)7-25-18(27-8-22)23-9-24-25/h1-6,9H,7H2. The molecule has 0 spiro atoms. The number of aromatic nitrogens is 3. The topological polar surface area (TPSA) is 67.0 Å². The number of benzene rings is 2. The fourth-order valence-electron chi connectivity index (χ4n) is 2.66. The van der Waals surface area contributed by atoms with Crippen LogP contribution in [0.1, 0.15) is 5.56 Å². The summed E-state index contributed by atoms with van der Waals surface area (Å²) < 4.78 is 36.2. The number of hydrogen-bond donors (Lipinski definition) is 0. The highest BCUT2D eigenvalue weighted by Gasteiger charge is 2.32. The van der Waals surface area contributed by atoms with E-state index in [-0.39, 0.29) is 28.3 Å². The molecule has 1 aliphatic heterocycles. The summed E-state index contributed by atoms with van der Waals surface area (Å²) in [6, 6.07) is 8.96. The van der Waals surface area contributed by atoms with E-state index in [1.807, 2.05) is 5.40 Å². The maximum absolute atomic E-state index is 15.0. The molecule has 3 aromatic rings. The lowest BCUT2D eigenvalue weighted by Crippen LogP contribution is -2.00. The zero-order valence-corrected chi connectivity index (χ0v) is 15.1. The number of nitriles is 1. The first-order valence-corrected chi connectivity index (χ1v) is 8.87. The number of nitrogens with zero attached hydrogens (tertiary/aromatic N) is 4. The van der Waals surface area contributed by atoms with Gasteiger partial charge < -0.3 is 4.74 Å². The van der Waals surface area contributed by atoms with Gasteiger partial charge in [0, 0.05) is 22.3 Å². The second-order valence-electron chi connectivity index (χ2n) is 5.51. The summed E-state index contributed by atoms with van der Waals surface area (Å²) in [5.41, 5.74) is 0.195. The molecule has 1 aromatic heterocycles. The average Bonchev–Trinajstić information content (AvgIpc) is 3.26. The molecule has 4 rings (SSSR count). The van der Waals surface area contributed by atoms with Gasteiger partial charge in [0.15, 0.2) is 11.5 Å². The molecule has 27 heavy (non-hydrogen) atoms. The van der Waals surface area contributed by atoms with Gasteiger partial charge in [0.05, 0.1) is 11.1 Å². The summed E-state index contributed by atoms with van der Waals surface area (Å²) in [7, 11) is 0. The van der Waals surface area contributed by atoms with Crippen LogP contribution in [-0.2, 0) is 11.3 Å². The van der Waals surface area contributed by atoms with Crippen LogP contribution in [-0.4, -0.2) is 14.8 Å². The molecule has 0 radical (unpaired) electrons. The number of thiocyanates is 1. The van der Waals surface area contributed by atoms with E-state index >= 15 is 4.39 Å². The van der Waals surface area contributed by atoms with Crippen molar-refractivity contribution in [1.29, 1.82) is 5.26 Å². The SMILES string of the molecule is N#CSc1ncnn1CC1=C(c2ccc(F)c(-c3ccccc3Cl)c2F)O1. The van der Waals surface area contributed by atoms with Crippen molar-refractivity contribution in [3.05, 3.63) is 70.7 Å². The summed E-state index contributed by atoms with van der Waals surface area (Å²) in [5, 5.41) is 15.3. The van der Waals surface area contributed by atoms with E-state index in [2.05, 4.69) is 10.1 Å². The van der Waals surface area contributed by atoms with Crippen LogP contribution >= 0.6 is 23.4 Å². The van der Waals surface area contributed by atoms with Crippen molar-refractivity contribution in [3.63, 3.8) is 0 Å². The number of hydrogen-bond acceptors (Lipinski definition) is 5. The molecule has 0 saturated heterocycles. The lowest BCUT2D eigenvalue weighted by Gasteiger charge is -2.09. The molecule has 0 bridgehead atoms. The Balaban J connectivity index is 1.70. The van der Waals surface area contributed by atoms with Crippen LogP contribution in [0.25, 0.3) is 16.9 Å². The van der Waals surface area contributed by atoms with E-state index in [1.54, 1.807) is 24.3 Å². The highest BCUT2D eigenvalue weighted by Crippen LogP contribution is 2.42. The predicted octanol–water partition coefficient (Wildman–Crippen LogP) is 4.85. The van der Waals surface area contributed by atoms with Crippen LogP contribution in [0.3, 0.4) is 0 Å². The van der Waals surface area contributed by atoms with Crippen LogP contribution in [0.5, 0.6) is 0 Å². The minimum absolute atomic E-state index is 0.135. The Labute approximate surface area is 161 Å². The number of thioether (sulfide) groups is 1. The van der Waals surface area contributed by atoms with E-state index in [9.17, 15) is 4.39 Å². The highest BCUT2D eigenvalue weighted by molar-refractivity contribution is 8.03. The van der Waals surface area contributed by atoms with Gasteiger partial charge in [0.25, 0.3) is 0 Å². The Morgan fingerprint density at radius 2 is 2.00 bits per heavy atom. The fourth-order valence-corrected chi connectivity index (χ4v) is 3.29. The second kappa shape index (κ2) is 7.02. The summed E-state index contributed by atoms with van der Waals surface area (Å²) in [6.07, 6.45) is 1.32. The van der Waals surface area contributed by atoms with Gasteiger partial charge in [-0.2, -0.15) is 10.4 Å². The molecule has 0 N–H and O–H groups in total. The van der Waals surface area contributed by atoms with E-state index in [4.69, 9.17) is 21.6 Å². The van der Waals surface area contributed by atoms with Crippen molar-refractivity contribution in [1.82, 2.24) is 14.8 Å². The number of halogens is 3. The van der Waals surface area contributed by atoms with Crippen LogP contribution in [0.2, 0.25) is 5.02 Å². The van der Waals surface area contributed by atoms with Crippen LogP contribution < -0.4 is 0 Å². The maximum Gasteiger partial charge on any atom is 0.201 e. The van der Waals surface area contributed by atoms with Crippen molar-refractivity contribution < 1.29 is 13.5 Å². The molecule has 0 unspecified atom stereocenters. The molecule has 0 amide bonds. The van der Waals surface area contributed by atoms with Crippen LogP contribution in [0.15, 0.2) is 53.6 Å². The summed E-state index contributed by atoms with van der Waals surface area (Å²) in [6.45, 7) is 0.192. The van der Waals surface area contributed by atoms with Gasteiger partial charge >= 0.3 is 0 Å². The van der Waals surface area contributed by atoms with Gasteiger partial charge in [-0.15, -0.1) is 0 Å². The second-order valence-corrected chi connectivity index (χ2v) is 6.67. The largest absolute Gasteiger partial charge is 0.451 e. The third-order valence-electron chi connectivity index (χ3n) is 3.93. The smallest absolute Gasteiger partial charge is 0.201 e. The van der Waals surface area contributed by atoms with Crippen molar-refractivity contribution in [2.75, 3.05) is 0 Å². The van der Waals surface area contributed by atoms with Crippen molar-refractivity contribution >= 4 is 29.1 Å². The van der Waals surface area contributed by atoms with E-state index in [0.717, 1.165) is 11.8 Å². The lowest BCUT2D eigenvalue weighted by atomic mass is 10.0. The molecule has 9 heteroatoms. The zero-order chi connectivity index (χ0) is 19.0. The van der Waals surface area contributed by atoms with E-state index in [1.165, 1.54) is 23.1 Å². The first-order valence-electron chi connectivity index (χ1n) is 7.68. The molecule has 2 heterocycles. The number of ether oxygens (including phenoxy) is 1. The average molecular weight is 403 g/mol. The molecule has 1 aliphatic rings. The van der Waals surface area contributed by atoms with Crippen LogP contribution in [0, 0.1) is 22.3 Å². The lowest BCUT2D eigenvalue weighted by molar-refractivity contribution is 0.458. The molecule has 0 fully saturated rings. The molecule has 0 saturated carbocycles. The van der Waals surface area contributed by atoms with Gasteiger partial charge in [0.1, 0.15) is 29.9 Å². The van der Waals surface area contributed by atoms with Gasteiger partial charge in [-0.3, -0.25) is 0 Å². The third kappa shape index (κ3) is 3.27. The number of rotatable bonds is 5. The molecular formula is C18H9ClF2N4OS. The first kappa shape index (κ1) is 17.5. The van der Waals surface area contributed by atoms with Crippen molar-refractivity contribution in [3.8, 4) is 16.5 Å². The van der Waals surface area contributed by atoms with Gasteiger partial charge in [-0.1, -0.05) is 29.8 Å². The van der Waals surface area contributed by atoms with Crippen molar-refractivity contribution in [2.24, 2.45) is 0 Å². The third-order valence-corrected chi connectivity index (χ3v) is 4.85. The highest BCUT2D eigenvalue weighted by atomic mass is 35.5. The van der Waals surface area contributed by atoms with Crippen LogP contribution in [0.4, 0.5) is 8.78 Å². The van der Waals surface area contributed by atoms with Crippen molar-refractivity contribution in [2.45, 2.75) is 11.7 Å². The molecular weight excluding hydrogens is 394 g/mol. The Kier molecular flexibility index (Phi) is 4.56. The van der Waals surface area contributed by atoms with Gasteiger partial charge in [-0.05, 0) is 18.2 Å². The molecule has 0 aliphatic carbocycles. The predicted molar refractivity (Wildman–Crippen MR) is 96.3 cm³/mol. The number of allylic oxidation sites excluding steroid dienone is 1. The van der Waals surface area contributed by atoms with Gasteiger partial charge in [-0.25, -0.2) is 18.4 Å². The fraction of sp³-hybridized carbons (Fsp3) is 0.0556. The zero-order valence-electron chi connectivity index (χ0n) is 13.5. The summed E-state index contributed by atoms with van der Waals surface area (Å²) in [4.78, 5) is 3.95. The molecule has 2 aromatic carbocycles.